The molecule has 0 aliphatic rings. The SMILES string of the molecule is CCCC(N[C@H](C)c1ccc(C)cc1)c1ccccc1. The third kappa shape index (κ3) is 3.94. The van der Waals surface area contributed by atoms with Crippen LogP contribution in [0, 0.1) is 6.92 Å². The van der Waals surface area contributed by atoms with E-state index in [0.29, 0.717) is 12.1 Å². The van der Waals surface area contributed by atoms with Gasteiger partial charge in [0.1, 0.15) is 0 Å². The Bertz CT molecular complexity index is 501. The van der Waals surface area contributed by atoms with Crippen LogP contribution in [-0.2, 0) is 0 Å². The zero-order valence-electron chi connectivity index (χ0n) is 12.8. The number of hydrogen-bond donors (Lipinski definition) is 1. The molecule has 0 aromatic heterocycles. The van der Waals surface area contributed by atoms with Gasteiger partial charge >= 0.3 is 0 Å². The predicted octanol–water partition coefficient (Wildman–Crippen LogP) is 5.19. The van der Waals surface area contributed by atoms with Gasteiger partial charge in [0.15, 0.2) is 0 Å². The molecule has 0 aliphatic carbocycles. The summed E-state index contributed by atoms with van der Waals surface area (Å²) in [4.78, 5) is 0. The summed E-state index contributed by atoms with van der Waals surface area (Å²) in [7, 11) is 0. The minimum absolute atomic E-state index is 0.368. The van der Waals surface area contributed by atoms with Crippen molar-refractivity contribution in [2.45, 2.75) is 45.7 Å². The van der Waals surface area contributed by atoms with Crippen molar-refractivity contribution in [2.75, 3.05) is 0 Å². The highest BCUT2D eigenvalue weighted by atomic mass is 14.9. The molecule has 0 bridgehead atoms. The Morgan fingerprint density at radius 3 is 2.15 bits per heavy atom. The van der Waals surface area contributed by atoms with Crippen molar-refractivity contribution < 1.29 is 0 Å². The predicted molar refractivity (Wildman–Crippen MR) is 86.8 cm³/mol. The molecule has 2 aromatic carbocycles. The van der Waals surface area contributed by atoms with E-state index in [9.17, 15) is 0 Å². The highest BCUT2D eigenvalue weighted by molar-refractivity contribution is 5.25. The second kappa shape index (κ2) is 7.25. The van der Waals surface area contributed by atoms with Gasteiger partial charge in [-0.1, -0.05) is 73.5 Å². The van der Waals surface area contributed by atoms with Gasteiger partial charge in [-0.15, -0.1) is 0 Å². The third-order valence-electron chi connectivity index (χ3n) is 3.81. The lowest BCUT2D eigenvalue weighted by Crippen LogP contribution is -2.24. The fourth-order valence-corrected chi connectivity index (χ4v) is 2.57. The lowest BCUT2D eigenvalue weighted by molar-refractivity contribution is 0.439. The number of rotatable bonds is 6. The Balaban J connectivity index is 2.10. The van der Waals surface area contributed by atoms with Crippen molar-refractivity contribution in [1.29, 1.82) is 0 Å². The molecule has 20 heavy (non-hydrogen) atoms. The van der Waals surface area contributed by atoms with Crippen LogP contribution >= 0.6 is 0 Å². The van der Waals surface area contributed by atoms with Crippen molar-refractivity contribution >= 4 is 0 Å². The summed E-state index contributed by atoms with van der Waals surface area (Å²) < 4.78 is 0. The van der Waals surface area contributed by atoms with Crippen LogP contribution < -0.4 is 5.32 Å². The molecule has 0 radical (unpaired) electrons. The molecule has 0 spiro atoms. The van der Waals surface area contributed by atoms with Crippen molar-refractivity contribution in [1.82, 2.24) is 5.32 Å². The first-order valence-electron chi connectivity index (χ1n) is 7.58. The summed E-state index contributed by atoms with van der Waals surface area (Å²) in [5, 5.41) is 3.77. The fraction of sp³-hybridized carbons (Fsp3) is 0.368. The number of aryl methyl sites for hydroxylation is 1. The molecule has 106 valence electrons. The van der Waals surface area contributed by atoms with Crippen molar-refractivity contribution in [3.8, 4) is 0 Å². The van der Waals surface area contributed by atoms with Gasteiger partial charge in [0.25, 0.3) is 0 Å². The van der Waals surface area contributed by atoms with E-state index in [0.717, 1.165) is 0 Å². The van der Waals surface area contributed by atoms with E-state index < -0.39 is 0 Å². The highest BCUT2D eigenvalue weighted by Crippen LogP contribution is 2.23. The third-order valence-corrected chi connectivity index (χ3v) is 3.81. The van der Waals surface area contributed by atoms with Crippen LogP contribution in [0.3, 0.4) is 0 Å². The van der Waals surface area contributed by atoms with Gasteiger partial charge in [-0.05, 0) is 31.4 Å². The summed E-state index contributed by atoms with van der Waals surface area (Å²) >= 11 is 0. The van der Waals surface area contributed by atoms with Crippen LogP contribution in [-0.4, -0.2) is 0 Å². The summed E-state index contributed by atoms with van der Waals surface area (Å²) in [6.07, 6.45) is 2.35. The van der Waals surface area contributed by atoms with E-state index >= 15 is 0 Å². The van der Waals surface area contributed by atoms with Gasteiger partial charge < -0.3 is 5.32 Å². The monoisotopic (exact) mass is 267 g/mol. The minimum Gasteiger partial charge on any atom is -0.303 e. The largest absolute Gasteiger partial charge is 0.303 e. The zero-order valence-corrected chi connectivity index (χ0v) is 12.8. The molecule has 2 atom stereocenters. The molecule has 0 heterocycles. The lowest BCUT2D eigenvalue weighted by atomic mass is 9.99. The normalized spacial score (nSPS) is 13.9. The first-order valence-corrected chi connectivity index (χ1v) is 7.58. The molecule has 0 fully saturated rings. The smallest absolute Gasteiger partial charge is 0.0325 e. The zero-order chi connectivity index (χ0) is 14.4. The Labute approximate surface area is 123 Å². The molecule has 0 amide bonds. The van der Waals surface area contributed by atoms with E-state index in [4.69, 9.17) is 0 Å². The molecule has 1 N–H and O–H groups in total. The highest BCUT2D eigenvalue weighted by Gasteiger charge is 2.14. The molecular formula is C19H25N. The molecule has 1 heteroatoms. The lowest BCUT2D eigenvalue weighted by Gasteiger charge is -2.24. The second-order valence-electron chi connectivity index (χ2n) is 5.55. The standard InChI is InChI=1S/C19H25N/c1-4-8-19(18-9-6-5-7-10-18)20-16(3)17-13-11-15(2)12-14-17/h5-7,9-14,16,19-20H,4,8H2,1-3H3/t16-,19?/m1/s1. The van der Waals surface area contributed by atoms with E-state index in [1.54, 1.807) is 0 Å². The first-order chi connectivity index (χ1) is 9.70. The Morgan fingerprint density at radius 2 is 1.55 bits per heavy atom. The van der Waals surface area contributed by atoms with Gasteiger partial charge in [-0.3, -0.25) is 0 Å². The Morgan fingerprint density at radius 1 is 0.900 bits per heavy atom. The van der Waals surface area contributed by atoms with E-state index in [2.05, 4.69) is 80.7 Å². The minimum atomic E-state index is 0.368. The number of benzene rings is 2. The quantitative estimate of drug-likeness (QED) is 0.759. The van der Waals surface area contributed by atoms with E-state index in [1.165, 1.54) is 29.5 Å². The van der Waals surface area contributed by atoms with Crippen LogP contribution in [0.25, 0.3) is 0 Å². The maximum Gasteiger partial charge on any atom is 0.0325 e. The fourth-order valence-electron chi connectivity index (χ4n) is 2.57. The molecule has 2 rings (SSSR count). The average molecular weight is 267 g/mol. The molecule has 0 aliphatic heterocycles. The van der Waals surface area contributed by atoms with E-state index in [1.807, 2.05) is 0 Å². The van der Waals surface area contributed by atoms with Crippen LogP contribution in [0.15, 0.2) is 54.6 Å². The summed E-state index contributed by atoms with van der Waals surface area (Å²) in [5.74, 6) is 0. The molecular weight excluding hydrogens is 242 g/mol. The van der Waals surface area contributed by atoms with Gasteiger partial charge in [0.05, 0.1) is 0 Å². The van der Waals surface area contributed by atoms with Gasteiger partial charge in [0.2, 0.25) is 0 Å². The topological polar surface area (TPSA) is 12.0 Å². The maximum atomic E-state index is 3.77. The molecule has 0 saturated carbocycles. The maximum absolute atomic E-state index is 3.77. The molecule has 1 nitrogen and oxygen atoms in total. The summed E-state index contributed by atoms with van der Waals surface area (Å²) in [5.41, 5.74) is 4.05. The van der Waals surface area contributed by atoms with Gasteiger partial charge in [0, 0.05) is 12.1 Å². The van der Waals surface area contributed by atoms with Crippen LogP contribution in [0.1, 0.15) is 55.5 Å². The van der Waals surface area contributed by atoms with Gasteiger partial charge in [-0.2, -0.15) is 0 Å². The van der Waals surface area contributed by atoms with Crippen LogP contribution in [0.4, 0.5) is 0 Å². The van der Waals surface area contributed by atoms with Crippen LogP contribution in [0.5, 0.6) is 0 Å². The van der Waals surface area contributed by atoms with Crippen molar-refractivity contribution in [2.24, 2.45) is 0 Å². The van der Waals surface area contributed by atoms with Gasteiger partial charge in [-0.25, -0.2) is 0 Å². The average Bonchev–Trinajstić information content (AvgIpc) is 2.48. The van der Waals surface area contributed by atoms with Crippen LogP contribution in [0.2, 0.25) is 0 Å². The second-order valence-corrected chi connectivity index (χ2v) is 5.55. The Hall–Kier alpha value is -1.60. The number of nitrogens with one attached hydrogen (secondary N) is 1. The first kappa shape index (κ1) is 14.8. The van der Waals surface area contributed by atoms with Crippen molar-refractivity contribution in [3.63, 3.8) is 0 Å². The Kier molecular flexibility index (Phi) is 5.37. The molecule has 2 aromatic rings. The molecule has 1 unspecified atom stereocenters. The molecule has 0 saturated heterocycles. The summed E-state index contributed by atoms with van der Waals surface area (Å²) in [6, 6.07) is 20.4. The van der Waals surface area contributed by atoms with Crippen molar-refractivity contribution in [3.05, 3.63) is 71.3 Å². The number of hydrogen-bond acceptors (Lipinski definition) is 1. The van der Waals surface area contributed by atoms with E-state index in [-0.39, 0.29) is 0 Å². The summed E-state index contributed by atoms with van der Waals surface area (Å²) in [6.45, 7) is 6.62.